The number of nitrogens with two attached hydrogens (primary N) is 1. The molecule has 0 saturated carbocycles. The van der Waals surface area contributed by atoms with Gasteiger partial charge in [-0.2, -0.15) is 0 Å². The van der Waals surface area contributed by atoms with E-state index in [1.165, 1.54) is 11.1 Å². The summed E-state index contributed by atoms with van der Waals surface area (Å²) in [5.74, 6) is 0. The van der Waals surface area contributed by atoms with Gasteiger partial charge >= 0.3 is 0 Å². The first-order chi connectivity index (χ1) is 14.4. The molecule has 0 fully saturated rings. The summed E-state index contributed by atoms with van der Waals surface area (Å²) in [5.41, 5.74) is 14.7. The summed E-state index contributed by atoms with van der Waals surface area (Å²) >= 11 is 7.24. The molecule has 30 heavy (non-hydrogen) atoms. The fraction of sp³-hybridized carbons (Fsp3) is 0.0769. The number of aryl methyl sites for hydroxylation is 2. The van der Waals surface area contributed by atoms with E-state index in [0.29, 0.717) is 0 Å². The van der Waals surface area contributed by atoms with Gasteiger partial charge in [-0.25, -0.2) is 0 Å². The van der Waals surface area contributed by atoms with E-state index >= 15 is 0 Å². The highest BCUT2D eigenvalue weighted by molar-refractivity contribution is 9.10. The average Bonchev–Trinajstić information content (AvgIpc) is 2.74. The van der Waals surface area contributed by atoms with Crippen LogP contribution in [-0.4, -0.2) is 0 Å². The minimum absolute atomic E-state index is 0.776. The number of halogens is 2. The molecule has 4 rings (SSSR count). The highest BCUT2D eigenvalue weighted by Crippen LogP contribution is 2.38. The van der Waals surface area contributed by atoms with Gasteiger partial charge in [-0.1, -0.05) is 56.1 Å². The summed E-state index contributed by atoms with van der Waals surface area (Å²) in [6, 6.07) is 29.5. The fourth-order valence-corrected chi connectivity index (χ4v) is 3.95. The minimum atomic E-state index is 0.776. The van der Waals surface area contributed by atoms with E-state index < -0.39 is 0 Å². The summed E-state index contributed by atoms with van der Waals surface area (Å²) in [7, 11) is 0. The zero-order valence-electron chi connectivity index (χ0n) is 16.9. The zero-order valence-corrected chi connectivity index (χ0v) is 20.0. The van der Waals surface area contributed by atoms with Crippen LogP contribution in [0.15, 0.2) is 93.9 Å². The van der Waals surface area contributed by atoms with Crippen LogP contribution in [0.3, 0.4) is 0 Å². The Bertz CT molecular complexity index is 1130. The molecule has 0 saturated heterocycles. The number of hydrogen-bond donors (Lipinski definition) is 1. The third-order valence-electron chi connectivity index (χ3n) is 5.17. The van der Waals surface area contributed by atoms with Crippen molar-refractivity contribution in [2.45, 2.75) is 13.8 Å². The largest absolute Gasteiger partial charge is 0.399 e. The van der Waals surface area contributed by atoms with E-state index in [1.807, 2.05) is 12.1 Å². The quantitative estimate of drug-likeness (QED) is 0.272. The molecular formula is C26H22Br2N2. The van der Waals surface area contributed by atoms with Gasteiger partial charge in [0.2, 0.25) is 0 Å². The molecule has 4 aromatic carbocycles. The van der Waals surface area contributed by atoms with Crippen LogP contribution in [0.5, 0.6) is 0 Å². The lowest BCUT2D eigenvalue weighted by Gasteiger charge is -2.27. The molecule has 0 aromatic heterocycles. The maximum absolute atomic E-state index is 5.83. The summed E-state index contributed by atoms with van der Waals surface area (Å²) in [6.07, 6.45) is 0. The summed E-state index contributed by atoms with van der Waals surface area (Å²) in [6.45, 7) is 4.23. The Labute approximate surface area is 194 Å². The van der Waals surface area contributed by atoms with E-state index in [1.54, 1.807) is 0 Å². The number of anilines is 4. The Morgan fingerprint density at radius 3 is 1.40 bits per heavy atom. The van der Waals surface area contributed by atoms with Crippen LogP contribution in [0.25, 0.3) is 11.1 Å². The lowest BCUT2D eigenvalue weighted by Crippen LogP contribution is -2.10. The lowest BCUT2D eigenvalue weighted by atomic mass is 10.0. The predicted octanol–water partition coefficient (Wildman–Crippen LogP) is 8.55. The maximum Gasteiger partial charge on any atom is 0.0465 e. The van der Waals surface area contributed by atoms with Gasteiger partial charge in [-0.05, 0) is 96.8 Å². The third kappa shape index (κ3) is 4.30. The average molecular weight is 522 g/mol. The van der Waals surface area contributed by atoms with Crippen LogP contribution in [0, 0.1) is 13.8 Å². The normalized spacial score (nSPS) is 10.8. The van der Waals surface area contributed by atoms with Crippen molar-refractivity contribution in [2.24, 2.45) is 0 Å². The van der Waals surface area contributed by atoms with Crippen molar-refractivity contribution < 1.29 is 0 Å². The van der Waals surface area contributed by atoms with E-state index in [-0.39, 0.29) is 0 Å². The van der Waals surface area contributed by atoms with Crippen molar-refractivity contribution in [1.82, 2.24) is 0 Å². The second-order valence-electron chi connectivity index (χ2n) is 7.37. The number of nitrogen functional groups attached to an aromatic ring is 1. The van der Waals surface area contributed by atoms with Gasteiger partial charge in [0.15, 0.2) is 0 Å². The van der Waals surface area contributed by atoms with Gasteiger partial charge < -0.3 is 10.6 Å². The first kappa shape index (κ1) is 20.7. The van der Waals surface area contributed by atoms with Gasteiger partial charge in [0.1, 0.15) is 0 Å². The first-order valence-corrected chi connectivity index (χ1v) is 11.3. The SMILES string of the molecule is Cc1cc(N(c2ccc(-c3ccc(N)cc3)cc2)c2ccc(Br)c(C)c2)ccc1Br. The Hall–Kier alpha value is -2.56. The van der Waals surface area contributed by atoms with Crippen LogP contribution in [0.2, 0.25) is 0 Å². The molecule has 4 heteroatoms. The summed E-state index contributed by atoms with van der Waals surface area (Å²) < 4.78 is 2.22. The van der Waals surface area contributed by atoms with E-state index in [2.05, 4.69) is 123 Å². The Morgan fingerprint density at radius 2 is 0.967 bits per heavy atom. The molecule has 0 spiro atoms. The minimum Gasteiger partial charge on any atom is -0.399 e. The maximum atomic E-state index is 5.83. The molecule has 4 aromatic rings. The van der Waals surface area contributed by atoms with Crippen molar-refractivity contribution in [3.63, 3.8) is 0 Å². The molecule has 0 aliphatic rings. The smallest absolute Gasteiger partial charge is 0.0465 e. The van der Waals surface area contributed by atoms with Crippen molar-refractivity contribution >= 4 is 54.6 Å². The van der Waals surface area contributed by atoms with Gasteiger partial charge in [0, 0.05) is 31.7 Å². The van der Waals surface area contributed by atoms with Gasteiger partial charge in [-0.3, -0.25) is 0 Å². The Morgan fingerprint density at radius 1 is 0.567 bits per heavy atom. The number of nitrogens with zero attached hydrogens (tertiary/aromatic N) is 1. The molecule has 0 heterocycles. The van der Waals surface area contributed by atoms with Gasteiger partial charge in [-0.15, -0.1) is 0 Å². The van der Waals surface area contributed by atoms with Gasteiger partial charge in [0.05, 0.1) is 0 Å². The molecular weight excluding hydrogens is 500 g/mol. The van der Waals surface area contributed by atoms with Crippen LogP contribution < -0.4 is 10.6 Å². The number of benzene rings is 4. The third-order valence-corrected chi connectivity index (χ3v) is 6.95. The molecule has 2 N–H and O–H groups in total. The van der Waals surface area contributed by atoms with Crippen LogP contribution in [-0.2, 0) is 0 Å². The summed E-state index contributed by atoms with van der Waals surface area (Å²) in [4.78, 5) is 2.28. The molecule has 0 radical (unpaired) electrons. The number of rotatable bonds is 4. The van der Waals surface area contributed by atoms with Crippen LogP contribution >= 0.6 is 31.9 Å². The highest BCUT2D eigenvalue weighted by Gasteiger charge is 2.14. The highest BCUT2D eigenvalue weighted by atomic mass is 79.9. The molecule has 0 amide bonds. The predicted molar refractivity (Wildman–Crippen MR) is 136 cm³/mol. The van der Waals surface area contributed by atoms with E-state index in [4.69, 9.17) is 5.73 Å². The fourth-order valence-electron chi connectivity index (χ4n) is 3.46. The van der Waals surface area contributed by atoms with Gasteiger partial charge in [0.25, 0.3) is 0 Å². The lowest BCUT2D eigenvalue weighted by molar-refractivity contribution is 1.25. The van der Waals surface area contributed by atoms with Crippen molar-refractivity contribution in [2.75, 3.05) is 10.6 Å². The zero-order chi connectivity index (χ0) is 21.3. The van der Waals surface area contributed by atoms with Crippen LogP contribution in [0.1, 0.15) is 11.1 Å². The van der Waals surface area contributed by atoms with Crippen LogP contribution in [0.4, 0.5) is 22.7 Å². The molecule has 0 atom stereocenters. The second-order valence-corrected chi connectivity index (χ2v) is 9.08. The van der Waals surface area contributed by atoms with Crippen molar-refractivity contribution in [3.05, 3.63) is 105 Å². The Kier molecular flexibility index (Phi) is 5.98. The van der Waals surface area contributed by atoms with Crippen molar-refractivity contribution in [3.8, 4) is 11.1 Å². The summed E-state index contributed by atoms with van der Waals surface area (Å²) in [5, 5.41) is 0. The first-order valence-electron chi connectivity index (χ1n) is 9.71. The standard InChI is InChI=1S/C26H22Br2N2/c1-17-15-23(11-13-25(17)27)30(24-12-14-26(28)18(2)16-24)22-9-5-20(6-10-22)19-3-7-21(29)8-4-19/h3-16H,29H2,1-2H3. The Balaban J connectivity index is 1.79. The topological polar surface area (TPSA) is 29.3 Å². The molecule has 0 bridgehead atoms. The second kappa shape index (κ2) is 8.66. The molecule has 150 valence electrons. The molecule has 0 aliphatic heterocycles. The molecule has 0 unspecified atom stereocenters. The van der Waals surface area contributed by atoms with E-state index in [9.17, 15) is 0 Å². The van der Waals surface area contributed by atoms with Crippen molar-refractivity contribution in [1.29, 1.82) is 0 Å². The number of hydrogen-bond acceptors (Lipinski definition) is 2. The molecule has 2 nitrogen and oxygen atoms in total. The molecule has 0 aliphatic carbocycles. The monoisotopic (exact) mass is 520 g/mol. The van der Waals surface area contributed by atoms with E-state index in [0.717, 1.165) is 42.8 Å².